The second kappa shape index (κ2) is 4.70. The first-order valence-electron chi connectivity index (χ1n) is 6.67. The van der Waals surface area contributed by atoms with Gasteiger partial charge in [-0.05, 0) is 23.6 Å². The maximum absolute atomic E-state index is 11.6. The Bertz CT molecular complexity index is 811. The molecule has 0 radical (unpaired) electrons. The molecular weight excluding hydrogens is 284 g/mol. The number of hydrogen-bond acceptors (Lipinski definition) is 3. The third-order valence-corrected chi connectivity index (χ3v) is 4.01. The number of carboxylic acid groups (broad SMARTS) is 1. The number of rotatable bonds is 2. The van der Waals surface area contributed by atoms with Gasteiger partial charge in [0.2, 0.25) is 0 Å². The molecule has 1 aromatic carbocycles. The molecule has 3 aromatic rings. The van der Waals surface area contributed by atoms with Gasteiger partial charge in [-0.3, -0.25) is 4.57 Å². The lowest BCUT2D eigenvalue weighted by atomic mass is 9.95. The van der Waals surface area contributed by atoms with Crippen molar-refractivity contribution in [1.29, 1.82) is 0 Å². The van der Waals surface area contributed by atoms with Crippen LogP contribution in [0.25, 0.3) is 16.7 Å². The van der Waals surface area contributed by atoms with Crippen LogP contribution in [-0.2, 0) is 5.41 Å². The highest BCUT2D eigenvalue weighted by molar-refractivity contribution is 7.08. The molecule has 5 heteroatoms. The molecule has 0 bridgehead atoms. The van der Waals surface area contributed by atoms with Crippen molar-refractivity contribution in [2.45, 2.75) is 26.2 Å². The van der Waals surface area contributed by atoms with Crippen LogP contribution in [0.4, 0.5) is 0 Å². The van der Waals surface area contributed by atoms with E-state index in [0.717, 1.165) is 11.5 Å². The first kappa shape index (κ1) is 13.8. The summed E-state index contributed by atoms with van der Waals surface area (Å²) >= 11 is 1.58. The van der Waals surface area contributed by atoms with Gasteiger partial charge in [0.25, 0.3) is 0 Å². The topological polar surface area (TPSA) is 55.1 Å². The lowest BCUT2D eigenvalue weighted by Crippen LogP contribution is -2.18. The van der Waals surface area contributed by atoms with Crippen molar-refractivity contribution in [3.63, 3.8) is 0 Å². The highest BCUT2D eigenvalue weighted by Crippen LogP contribution is 2.32. The summed E-state index contributed by atoms with van der Waals surface area (Å²) < 4.78 is 1.97. The van der Waals surface area contributed by atoms with E-state index in [1.54, 1.807) is 23.5 Å². The average molecular weight is 300 g/mol. The standard InChI is InChI=1S/C16H16N2O2S/c1-16(2,3)15-17-12-6-4-5-11(14(19)20)13(12)18(15)10-7-8-21-9-10/h4-9H,1-3H3,(H,19,20). The Hall–Kier alpha value is -2.14. The maximum atomic E-state index is 11.6. The van der Waals surface area contributed by atoms with E-state index in [2.05, 4.69) is 25.8 Å². The van der Waals surface area contributed by atoms with Crippen LogP contribution in [0.2, 0.25) is 0 Å². The molecule has 0 saturated carbocycles. The Kier molecular flexibility index (Phi) is 3.10. The van der Waals surface area contributed by atoms with Gasteiger partial charge in [0.15, 0.2) is 0 Å². The molecule has 2 heterocycles. The van der Waals surface area contributed by atoms with Gasteiger partial charge in [-0.25, -0.2) is 9.78 Å². The lowest BCUT2D eigenvalue weighted by Gasteiger charge is -2.19. The third-order valence-electron chi connectivity index (χ3n) is 3.34. The van der Waals surface area contributed by atoms with Crippen LogP contribution in [-0.4, -0.2) is 20.6 Å². The molecule has 0 aliphatic heterocycles. The lowest BCUT2D eigenvalue weighted by molar-refractivity contribution is 0.0698. The largest absolute Gasteiger partial charge is 0.478 e. The van der Waals surface area contributed by atoms with Crippen LogP contribution < -0.4 is 0 Å². The Balaban J connectivity index is 2.47. The summed E-state index contributed by atoms with van der Waals surface area (Å²) in [6.45, 7) is 6.24. The summed E-state index contributed by atoms with van der Waals surface area (Å²) in [5.74, 6) is -0.0676. The minimum absolute atomic E-state index is 0.184. The second-order valence-electron chi connectivity index (χ2n) is 5.98. The number of benzene rings is 1. The minimum atomic E-state index is -0.933. The van der Waals surface area contributed by atoms with E-state index in [1.807, 2.05) is 27.5 Å². The SMILES string of the molecule is CC(C)(C)c1nc2cccc(C(=O)O)c2n1-c1ccsc1. The van der Waals surface area contributed by atoms with E-state index in [9.17, 15) is 9.90 Å². The van der Waals surface area contributed by atoms with Gasteiger partial charge in [0, 0.05) is 10.8 Å². The van der Waals surface area contributed by atoms with Crippen LogP contribution in [0.1, 0.15) is 37.0 Å². The Morgan fingerprint density at radius 3 is 2.62 bits per heavy atom. The van der Waals surface area contributed by atoms with Gasteiger partial charge >= 0.3 is 5.97 Å². The number of imidazole rings is 1. The zero-order valence-electron chi connectivity index (χ0n) is 12.1. The molecule has 0 saturated heterocycles. The molecule has 0 spiro atoms. The molecule has 1 N–H and O–H groups in total. The predicted molar refractivity (Wildman–Crippen MR) is 84.6 cm³/mol. The summed E-state index contributed by atoms with van der Waals surface area (Å²) in [5, 5.41) is 13.5. The molecule has 0 aliphatic rings. The summed E-state index contributed by atoms with van der Waals surface area (Å²) in [6, 6.07) is 7.21. The maximum Gasteiger partial charge on any atom is 0.337 e. The fourth-order valence-corrected chi connectivity index (χ4v) is 3.06. The third kappa shape index (κ3) is 2.23. The fourth-order valence-electron chi connectivity index (χ4n) is 2.44. The number of carbonyl (C=O) groups is 1. The van der Waals surface area contributed by atoms with Crippen LogP contribution >= 0.6 is 11.3 Å². The first-order valence-corrected chi connectivity index (χ1v) is 7.61. The van der Waals surface area contributed by atoms with Crippen LogP contribution in [0.15, 0.2) is 35.0 Å². The average Bonchev–Trinajstić information content (AvgIpc) is 3.03. The van der Waals surface area contributed by atoms with E-state index >= 15 is 0 Å². The molecule has 3 rings (SSSR count). The number of thiophene rings is 1. The summed E-state index contributed by atoms with van der Waals surface area (Å²) in [7, 11) is 0. The smallest absolute Gasteiger partial charge is 0.337 e. The molecule has 108 valence electrons. The predicted octanol–water partition coefficient (Wildman–Crippen LogP) is 4.08. The normalized spacial score (nSPS) is 12.0. The monoisotopic (exact) mass is 300 g/mol. The van der Waals surface area contributed by atoms with Crippen LogP contribution in [0, 0.1) is 0 Å². The molecule has 0 fully saturated rings. The molecule has 0 unspecified atom stereocenters. The van der Waals surface area contributed by atoms with Crippen molar-refractivity contribution in [2.24, 2.45) is 0 Å². The van der Waals surface area contributed by atoms with E-state index in [-0.39, 0.29) is 11.0 Å². The van der Waals surface area contributed by atoms with Gasteiger partial charge in [0.1, 0.15) is 5.82 Å². The van der Waals surface area contributed by atoms with Gasteiger partial charge < -0.3 is 5.11 Å². The number of para-hydroxylation sites is 1. The van der Waals surface area contributed by atoms with Crippen molar-refractivity contribution in [3.05, 3.63) is 46.4 Å². The fraction of sp³-hybridized carbons (Fsp3) is 0.250. The van der Waals surface area contributed by atoms with Gasteiger partial charge in [0.05, 0.1) is 22.3 Å². The summed E-state index contributed by atoms with van der Waals surface area (Å²) in [5.41, 5.74) is 2.43. The van der Waals surface area contributed by atoms with Crippen LogP contribution in [0.3, 0.4) is 0 Å². The van der Waals surface area contributed by atoms with Crippen molar-refractivity contribution >= 4 is 28.3 Å². The minimum Gasteiger partial charge on any atom is -0.478 e. The van der Waals surface area contributed by atoms with Crippen molar-refractivity contribution in [3.8, 4) is 5.69 Å². The Morgan fingerprint density at radius 1 is 1.29 bits per heavy atom. The van der Waals surface area contributed by atoms with E-state index in [4.69, 9.17) is 0 Å². The summed E-state index contributed by atoms with van der Waals surface area (Å²) in [6.07, 6.45) is 0. The summed E-state index contributed by atoms with van der Waals surface area (Å²) in [4.78, 5) is 16.2. The molecule has 4 nitrogen and oxygen atoms in total. The van der Waals surface area contributed by atoms with Crippen molar-refractivity contribution in [1.82, 2.24) is 9.55 Å². The van der Waals surface area contributed by atoms with Crippen LogP contribution in [0.5, 0.6) is 0 Å². The molecule has 21 heavy (non-hydrogen) atoms. The number of aromatic carboxylic acids is 1. The molecular formula is C16H16N2O2S. The number of hydrogen-bond donors (Lipinski definition) is 1. The number of fused-ring (bicyclic) bond motifs is 1. The zero-order valence-corrected chi connectivity index (χ0v) is 12.9. The number of nitrogens with zero attached hydrogens (tertiary/aromatic N) is 2. The zero-order chi connectivity index (χ0) is 15.2. The molecule has 0 atom stereocenters. The van der Waals surface area contributed by atoms with Gasteiger partial charge in [-0.2, -0.15) is 11.3 Å². The number of carboxylic acids is 1. The highest BCUT2D eigenvalue weighted by atomic mass is 32.1. The Labute approximate surface area is 126 Å². The van der Waals surface area contributed by atoms with Gasteiger partial charge in [-0.1, -0.05) is 26.8 Å². The first-order chi connectivity index (χ1) is 9.89. The van der Waals surface area contributed by atoms with Crippen molar-refractivity contribution in [2.75, 3.05) is 0 Å². The molecule has 0 aliphatic carbocycles. The van der Waals surface area contributed by atoms with E-state index < -0.39 is 5.97 Å². The highest BCUT2D eigenvalue weighted by Gasteiger charge is 2.26. The van der Waals surface area contributed by atoms with E-state index in [1.165, 1.54) is 0 Å². The number of aromatic nitrogens is 2. The second-order valence-corrected chi connectivity index (χ2v) is 6.76. The molecule has 2 aromatic heterocycles. The van der Waals surface area contributed by atoms with Gasteiger partial charge in [-0.15, -0.1) is 0 Å². The van der Waals surface area contributed by atoms with E-state index in [0.29, 0.717) is 11.0 Å². The molecule has 0 amide bonds. The van der Waals surface area contributed by atoms with Crippen molar-refractivity contribution < 1.29 is 9.90 Å². The Morgan fingerprint density at radius 2 is 2.05 bits per heavy atom. The quantitative estimate of drug-likeness (QED) is 0.775.